The number of aromatic nitrogens is 3. The molecule has 2 aromatic rings. The Bertz CT molecular complexity index is 602. The number of likely N-dealkylation sites (tertiary alicyclic amines) is 1. The molecule has 1 aliphatic rings. The van der Waals surface area contributed by atoms with Gasteiger partial charge in [-0.1, -0.05) is 29.5 Å². The number of methoxy groups -OCH3 is 1. The summed E-state index contributed by atoms with van der Waals surface area (Å²) >= 11 is 0. The van der Waals surface area contributed by atoms with Crippen molar-refractivity contribution in [2.45, 2.75) is 31.7 Å². The van der Waals surface area contributed by atoms with Gasteiger partial charge in [-0.2, -0.15) is 0 Å². The molecule has 1 aromatic carbocycles. The molecule has 6 heteroatoms. The van der Waals surface area contributed by atoms with Gasteiger partial charge in [0.25, 0.3) is 0 Å². The monoisotopic (exact) mass is 302 g/mol. The largest absolute Gasteiger partial charge is 0.387 e. The number of rotatable bonds is 6. The van der Waals surface area contributed by atoms with Crippen molar-refractivity contribution >= 4 is 0 Å². The average molecular weight is 302 g/mol. The number of benzene rings is 1. The van der Waals surface area contributed by atoms with Crippen LogP contribution in [0.3, 0.4) is 0 Å². The van der Waals surface area contributed by atoms with Crippen LogP contribution in [0.2, 0.25) is 0 Å². The minimum absolute atomic E-state index is 0.493. The highest BCUT2D eigenvalue weighted by molar-refractivity contribution is 5.23. The fourth-order valence-electron chi connectivity index (χ4n) is 3.07. The van der Waals surface area contributed by atoms with Crippen LogP contribution in [0.4, 0.5) is 0 Å². The molecule has 2 heterocycles. The van der Waals surface area contributed by atoms with Crippen LogP contribution in [0.5, 0.6) is 0 Å². The summed E-state index contributed by atoms with van der Waals surface area (Å²) in [7, 11) is 1.71. The van der Waals surface area contributed by atoms with Crippen molar-refractivity contribution in [1.82, 2.24) is 19.9 Å². The van der Waals surface area contributed by atoms with E-state index >= 15 is 0 Å². The van der Waals surface area contributed by atoms with Crippen LogP contribution in [0.1, 0.15) is 17.5 Å². The van der Waals surface area contributed by atoms with Gasteiger partial charge in [0, 0.05) is 32.9 Å². The molecule has 1 aromatic heterocycles. The summed E-state index contributed by atoms with van der Waals surface area (Å²) in [6, 6.07) is 8.41. The number of hydrogen-bond acceptors (Lipinski definition) is 5. The molecule has 1 aliphatic heterocycles. The highest BCUT2D eigenvalue weighted by Crippen LogP contribution is 2.24. The maximum Gasteiger partial charge on any atom is 0.0981 e. The van der Waals surface area contributed by atoms with Crippen LogP contribution in [-0.2, 0) is 24.4 Å². The summed E-state index contributed by atoms with van der Waals surface area (Å²) in [6.45, 7) is 3.51. The summed E-state index contributed by atoms with van der Waals surface area (Å²) in [4.78, 5) is 2.28. The minimum atomic E-state index is -0.724. The molecule has 0 bridgehead atoms. The summed E-state index contributed by atoms with van der Waals surface area (Å²) in [5, 5.41) is 18.4. The Labute approximate surface area is 130 Å². The molecule has 3 rings (SSSR count). The lowest BCUT2D eigenvalue weighted by molar-refractivity contribution is 0.0274. The molecular weight excluding hydrogens is 280 g/mol. The molecule has 0 saturated carbocycles. The standard InChI is InChI=1S/C16H22N4O2/c1-22-11-15-4-2-3-14(9-15)10-19-7-5-16(21,12-19)13-20-8-6-17-18-20/h2-4,6,8-9,21H,5,7,10-13H2,1H3. The lowest BCUT2D eigenvalue weighted by Crippen LogP contribution is -2.37. The molecule has 0 radical (unpaired) electrons. The van der Waals surface area contributed by atoms with E-state index in [-0.39, 0.29) is 0 Å². The van der Waals surface area contributed by atoms with Crippen molar-refractivity contribution in [3.05, 3.63) is 47.8 Å². The Balaban J connectivity index is 1.59. The molecule has 118 valence electrons. The van der Waals surface area contributed by atoms with Crippen molar-refractivity contribution in [2.24, 2.45) is 0 Å². The lowest BCUT2D eigenvalue weighted by atomic mass is 10.0. The second-order valence-electron chi connectivity index (χ2n) is 6.04. The summed E-state index contributed by atoms with van der Waals surface area (Å²) in [5.74, 6) is 0. The Hall–Kier alpha value is -1.76. The van der Waals surface area contributed by atoms with Gasteiger partial charge in [-0.05, 0) is 17.5 Å². The van der Waals surface area contributed by atoms with Crippen molar-refractivity contribution < 1.29 is 9.84 Å². The first-order chi connectivity index (χ1) is 10.7. The molecule has 1 atom stereocenters. The first kappa shape index (κ1) is 15.1. The fraction of sp³-hybridized carbons (Fsp3) is 0.500. The van der Waals surface area contributed by atoms with Crippen LogP contribution in [-0.4, -0.2) is 50.8 Å². The quantitative estimate of drug-likeness (QED) is 0.864. The maximum absolute atomic E-state index is 10.7. The van der Waals surface area contributed by atoms with Gasteiger partial charge in [-0.15, -0.1) is 5.10 Å². The van der Waals surface area contributed by atoms with E-state index in [1.807, 2.05) is 0 Å². The zero-order valence-electron chi connectivity index (χ0n) is 12.9. The molecule has 1 N–H and O–H groups in total. The van der Waals surface area contributed by atoms with E-state index in [1.165, 1.54) is 11.1 Å². The number of hydrogen-bond donors (Lipinski definition) is 1. The molecule has 22 heavy (non-hydrogen) atoms. The highest BCUT2D eigenvalue weighted by atomic mass is 16.5. The minimum Gasteiger partial charge on any atom is -0.387 e. The van der Waals surface area contributed by atoms with Crippen LogP contribution in [0.15, 0.2) is 36.7 Å². The Morgan fingerprint density at radius 1 is 1.36 bits per heavy atom. The normalized spacial score (nSPS) is 22.3. The number of ether oxygens (including phenoxy) is 1. The zero-order chi connectivity index (χ0) is 15.4. The number of β-amino-alcohol motifs (C(OH)–C–C–N with tert-alkyl or cyclic N) is 1. The summed E-state index contributed by atoms with van der Waals surface area (Å²) in [5.41, 5.74) is 1.70. The van der Waals surface area contributed by atoms with Crippen LogP contribution in [0.25, 0.3) is 0 Å². The molecular formula is C16H22N4O2. The van der Waals surface area contributed by atoms with Gasteiger partial charge in [0.1, 0.15) is 0 Å². The predicted octanol–water partition coefficient (Wildman–Crippen LogP) is 1.06. The van der Waals surface area contributed by atoms with Crippen LogP contribution >= 0.6 is 0 Å². The van der Waals surface area contributed by atoms with Gasteiger partial charge < -0.3 is 9.84 Å². The van der Waals surface area contributed by atoms with Gasteiger partial charge in [-0.3, -0.25) is 4.90 Å². The van der Waals surface area contributed by atoms with Crippen molar-refractivity contribution in [2.75, 3.05) is 20.2 Å². The van der Waals surface area contributed by atoms with Crippen molar-refractivity contribution in [1.29, 1.82) is 0 Å². The third kappa shape index (κ3) is 3.71. The third-order valence-electron chi connectivity index (χ3n) is 4.05. The third-order valence-corrected chi connectivity index (χ3v) is 4.05. The van der Waals surface area contributed by atoms with Gasteiger partial charge in [0.2, 0.25) is 0 Å². The van der Waals surface area contributed by atoms with E-state index in [2.05, 4.69) is 39.5 Å². The molecule has 0 aliphatic carbocycles. The van der Waals surface area contributed by atoms with Gasteiger partial charge in [-0.25, -0.2) is 4.68 Å². The van der Waals surface area contributed by atoms with Gasteiger partial charge in [0.15, 0.2) is 0 Å². The lowest BCUT2D eigenvalue weighted by Gasteiger charge is -2.23. The summed E-state index contributed by atoms with van der Waals surface area (Å²) < 4.78 is 6.87. The van der Waals surface area contributed by atoms with E-state index < -0.39 is 5.60 Å². The van der Waals surface area contributed by atoms with E-state index in [9.17, 15) is 5.11 Å². The fourth-order valence-corrected chi connectivity index (χ4v) is 3.07. The Morgan fingerprint density at radius 3 is 3.00 bits per heavy atom. The smallest absolute Gasteiger partial charge is 0.0981 e. The predicted molar refractivity (Wildman–Crippen MR) is 82.0 cm³/mol. The second kappa shape index (κ2) is 6.56. The van der Waals surface area contributed by atoms with Crippen molar-refractivity contribution in [3.63, 3.8) is 0 Å². The second-order valence-corrected chi connectivity index (χ2v) is 6.04. The molecule has 6 nitrogen and oxygen atoms in total. The molecule has 1 saturated heterocycles. The van der Waals surface area contributed by atoms with Crippen LogP contribution < -0.4 is 0 Å². The van der Waals surface area contributed by atoms with E-state index in [1.54, 1.807) is 24.2 Å². The Kier molecular flexibility index (Phi) is 4.52. The first-order valence-corrected chi connectivity index (χ1v) is 7.52. The van der Waals surface area contributed by atoms with Crippen molar-refractivity contribution in [3.8, 4) is 0 Å². The van der Waals surface area contributed by atoms with Gasteiger partial charge >= 0.3 is 0 Å². The SMILES string of the molecule is COCc1cccc(CN2CCC(O)(Cn3ccnn3)C2)c1. The maximum atomic E-state index is 10.7. The molecule has 1 fully saturated rings. The first-order valence-electron chi connectivity index (χ1n) is 7.52. The topological polar surface area (TPSA) is 63.4 Å². The van der Waals surface area contributed by atoms with Crippen LogP contribution in [0, 0.1) is 0 Å². The highest BCUT2D eigenvalue weighted by Gasteiger charge is 2.36. The molecule has 0 amide bonds. The van der Waals surface area contributed by atoms with E-state index in [4.69, 9.17) is 4.74 Å². The van der Waals surface area contributed by atoms with E-state index in [0.29, 0.717) is 19.7 Å². The van der Waals surface area contributed by atoms with E-state index in [0.717, 1.165) is 19.5 Å². The zero-order valence-corrected chi connectivity index (χ0v) is 12.9. The average Bonchev–Trinajstić information content (AvgIpc) is 3.10. The Morgan fingerprint density at radius 2 is 2.23 bits per heavy atom. The number of nitrogens with zero attached hydrogens (tertiary/aromatic N) is 4. The molecule has 1 unspecified atom stereocenters. The number of aliphatic hydroxyl groups is 1. The summed E-state index contributed by atoms with van der Waals surface area (Å²) in [6.07, 6.45) is 4.18. The molecule has 0 spiro atoms. The van der Waals surface area contributed by atoms with Gasteiger partial charge in [0.05, 0.1) is 24.9 Å².